The molecule has 33 heavy (non-hydrogen) atoms. The van der Waals surface area contributed by atoms with Crippen LogP contribution < -0.4 is 15.4 Å². The van der Waals surface area contributed by atoms with Gasteiger partial charge in [-0.3, -0.25) is 4.79 Å². The van der Waals surface area contributed by atoms with Gasteiger partial charge in [-0.1, -0.05) is 23.2 Å². The number of aliphatic hydroxyl groups is 1. The smallest absolute Gasteiger partial charge is 0.287 e. The molecule has 3 N–H and O–H groups in total. The number of carbonyl (C=O) groups excluding carboxylic acids is 1. The lowest BCUT2D eigenvalue weighted by Crippen LogP contribution is -2.44. The lowest BCUT2D eigenvalue weighted by molar-refractivity contribution is 0.0890. The highest BCUT2D eigenvalue weighted by Crippen LogP contribution is 2.24. The lowest BCUT2D eigenvalue weighted by Gasteiger charge is -2.30. The van der Waals surface area contributed by atoms with Gasteiger partial charge in [-0.2, -0.15) is 0 Å². The Bertz CT molecular complexity index is 1120. The molecule has 6 nitrogen and oxygen atoms in total. The number of rotatable bonds is 8. The Morgan fingerprint density at radius 2 is 1.88 bits per heavy atom. The van der Waals surface area contributed by atoms with E-state index in [0.29, 0.717) is 22.9 Å². The van der Waals surface area contributed by atoms with Gasteiger partial charge in [-0.25, -0.2) is 4.39 Å². The zero-order valence-electron chi connectivity index (χ0n) is 17.8. The van der Waals surface area contributed by atoms with Gasteiger partial charge >= 0.3 is 0 Å². The molecule has 0 bridgehead atoms. The molecular formula is C24H25Cl2FN2O4. The second kappa shape index (κ2) is 10.7. The van der Waals surface area contributed by atoms with Crippen LogP contribution in [0.2, 0.25) is 10.0 Å². The molecule has 1 heterocycles. The van der Waals surface area contributed by atoms with Crippen molar-refractivity contribution in [1.82, 2.24) is 10.6 Å². The fourth-order valence-corrected chi connectivity index (χ4v) is 4.24. The van der Waals surface area contributed by atoms with Crippen LogP contribution in [0.1, 0.15) is 36.2 Å². The second-order valence-electron chi connectivity index (χ2n) is 8.26. The first-order valence-corrected chi connectivity index (χ1v) is 11.6. The minimum atomic E-state index is -0.734. The Kier molecular flexibility index (Phi) is 7.75. The van der Waals surface area contributed by atoms with Gasteiger partial charge in [0.2, 0.25) is 0 Å². The second-order valence-corrected chi connectivity index (χ2v) is 9.11. The van der Waals surface area contributed by atoms with Crippen molar-refractivity contribution in [2.24, 2.45) is 0 Å². The van der Waals surface area contributed by atoms with Gasteiger partial charge in [-0.15, -0.1) is 0 Å². The maximum absolute atomic E-state index is 13.4. The Morgan fingerprint density at radius 1 is 1.12 bits per heavy atom. The van der Waals surface area contributed by atoms with Crippen LogP contribution in [0.5, 0.6) is 5.75 Å². The predicted octanol–water partition coefficient (Wildman–Crippen LogP) is 4.95. The van der Waals surface area contributed by atoms with Gasteiger partial charge in [0.05, 0.1) is 5.02 Å². The Morgan fingerprint density at radius 3 is 2.64 bits per heavy atom. The number of hydrogen-bond donors (Lipinski definition) is 3. The normalized spacial score (nSPS) is 19.4. The minimum Gasteiger partial charge on any atom is -0.491 e. The van der Waals surface area contributed by atoms with Crippen molar-refractivity contribution in [3.63, 3.8) is 0 Å². The molecule has 1 aliphatic carbocycles. The average molecular weight is 495 g/mol. The minimum absolute atomic E-state index is 0.0267. The standard InChI is InChI=1S/C24H25Cl2FN2O4/c25-15-1-8-22-14(9-15)10-23(33-22)24(31)29-17-4-2-16(3-5-17)28-12-18(30)13-32-19-6-7-20(26)21(27)11-19/h1,6-11,16-18,28,30H,2-5,12-13H2,(H,29,31)/t16-,17-,18?. The van der Waals surface area contributed by atoms with Gasteiger partial charge in [-0.05, 0) is 62.1 Å². The highest BCUT2D eigenvalue weighted by Gasteiger charge is 2.24. The van der Waals surface area contributed by atoms with Gasteiger partial charge in [0.25, 0.3) is 5.91 Å². The third kappa shape index (κ3) is 6.38. The summed E-state index contributed by atoms with van der Waals surface area (Å²) in [7, 11) is 0. The van der Waals surface area contributed by atoms with Crippen LogP contribution in [0.3, 0.4) is 0 Å². The fourth-order valence-electron chi connectivity index (χ4n) is 3.95. The number of nitrogens with one attached hydrogen (secondary N) is 2. The molecule has 1 aliphatic rings. The van der Waals surface area contributed by atoms with Crippen molar-refractivity contribution < 1.29 is 23.4 Å². The SMILES string of the molecule is O=C(N[C@H]1CC[C@H](NCC(O)COc2ccc(Cl)c(F)c2)CC1)c1cc2cc(Cl)ccc2o1. The Labute approximate surface area is 201 Å². The Hall–Kier alpha value is -2.32. The summed E-state index contributed by atoms with van der Waals surface area (Å²) < 4.78 is 24.5. The van der Waals surface area contributed by atoms with E-state index < -0.39 is 11.9 Å². The van der Waals surface area contributed by atoms with Crippen LogP contribution in [0.25, 0.3) is 11.0 Å². The maximum Gasteiger partial charge on any atom is 0.287 e. The lowest BCUT2D eigenvalue weighted by atomic mass is 9.91. The molecule has 2 aromatic carbocycles. The number of halogens is 3. The summed E-state index contributed by atoms with van der Waals surface area (Å²) in [6.07, 6.45) is 2.66. The maximum atomic E-state index is 13.4. The van der Waals surface area contributed by atoms with E-state index in [1.54, 1.807) is 30.3 Å². The molecule has 1 unspecified atom stereocenters. The van der Waals surface area contributed by atoms with E-state index in [2.05, 4.69) is 10.6 Å². The largest absolute Gasteiger partial charge is 0.491 e. The van der Waals surface area contributed by atoms with Gasteiger partial charge < -0.3 is 24.9 Å². The van der Waals surface area contributed by atoms with E-state index in [4.69, 9.17) is 32.4 Å². The first-order chi connectivity index (χ1) is 15.9. The molecular weight excluding hydrogens is 470 g/mol. The zero-order chi connectivity index (χ0) is 23.4. The summed E-state index contributed by atoms with van der Waals surface area (Å²) >= 11 is 11.6. The highest BCUT2D eigenvalue weighted by molar-refractivity contribution is 6.31. The van der Waals surface area contributed by atoms with Crippen LogP contribution in [-0.2, 0) is 0 Å². The summed E-state index contributed by atoms with van der Waals surface area (Å²) in [4.78, 5) is 12.6. The summed E-state index contributed by atoms with van der Waals surface area (Å²) in [6.45, 7) is 0.404. The molecule has 1 atom stereocenters. The summed E-state index contributed by atoms with van der Waals surface area (Å²) in [5, 5.41) is 18.0. The van der Waals surface area contributed by atoms with Crippen LogP contribution in [0.4, 0.5) is 4.39 Å². The van der Waals surface area contributed by atoms with E-state index in [0.717, 1.165) is 31.1 Å². The van der Waals surface area contributed by atoms with E-state index in [-0.39, 0.29) is 35.4 Å². The van der Waals surface area contributed by atoms with Gasteiger partial charge in [0, 0.05) is 35.1 Å². The van der Waals surface area contributed by atoms with E-state index in [9.17, 15) is 14.3 Å². The zero-order valence-corrected chi connectivity index (χ0v) is 19.3. The first-order valence-electron chi connectivity index (χ1n) is 10.9. The number of ether oxygens (including phenoxy) is 1. The van der Waals surface area contributed by atoms with Crippen LogP contribution in [0.15, 0.2) is 46.9 Å². The van der Waals surface area contributed by atoms with Crippen LogP contribution in [0, 0.1) is 5.82 Å². The summed E-state index contributed by atoms with van der Waals surface area (Å²) in [5.74, 6) is -0.198. The number of amides is 1. The topological polar surface area (TPSA) is 83.7 Å². The van der Waals surface area contributed by atoms with Gasteiger partial charge in [0.1, 0.15) is 29.9 Å². The molecule has 176 valence electrons. The number of furan rings is 1. The third-order valence-electron chi connectivity index (χ3n) is 5.74. The molecule has 3 aromatic rings. The first kappa shape index (κ1) is 23.8. The van der Waals surface area contributed by atoms with E-state index in [1.165, 1.54) is 12.1 Å². The Balaban J connectivity index is 1.17. The molecule has 1 saturated carbocycles. The molecule has 0 spiro atoms. The fraction of sp³-hybridized carbons (Fsp3) is 0.375. The van der Waals surface area contributed by atoms with Crippen molar-refractivity contribution in [1.29, 1.82) is 0 Å². The van der Waals surface area contributed by atoms with Crippen LogP contribution in [-0.4, -0.2) is 42.4 Å². The summed E-state index contributed by atoms with van der Waals surface area (Å²) in [6, 6.07) is 11.4. The van der Waals surface area contributed by atoms with Gasteiger partial charge in [0.15, 0.2) is 5.76 Å². The van der Waals surface area contributed by atoms with Crippen molar-refractivity contribution in [3.05, 3.63) is 64.1 Å². The number of hydrogen-bond acceptors (Lipinski definition) is 5. The van der Waals surface area contributed by atoms with Crippen molar-refractivity contribution >= 4 is 40.1 Å². The quantitative estimate of drug-likeness (QED) is 0.412. The summed E-state index contributed by atoms with van der Waals surface area (Å²) in [5.41, 5.74) is 0.626. The van der Waals surface area contributed by atoms with Crippen molar-refractivity contribution in [2.75, 3.05) is 13.2 Å². The molecule has 0 saturated heterocycles. The molecule has 9 heteroatoms. The molecule has 1 amide bonds. The third-order valence-corrected chi connectivity index (χ3v) is 6.28. The van der Waals surface area contributed by atoms with Crippen molar-refractivity contribution in [3.8, 4) is 5.75 Å². The molecule has 4 rings (SSSR count). The average Bonchev–Trinajstić information content (AvgIpc) is 3.23. The number of aliphatic hydroxyl groups excluding tert-OH is 1. The van der Waals surface area contributed by atoms with E-state index >= 15 is 0 Å². The predicted molar refractivity (Wildman–Crippen MR) is 126 cm³/mol. The molecule has 0 aliphatic heterocycles. The molecule has 1 fully saturated rings. The monoisotopic (exact) mass is 494 g/mol. The number of carbonyl (C=O) groups is 1. The number of benzene rings is 2. The highest BCUT2D eigenvalue weighted by atomic mass is 35.5. The van der Waals surface area contributed by atoms with Crippen molar-refractivity contribution in [2.45, 2.75) is 43.9 Å². The number of fused-ring (bicyclic) bond motifs is 1. The molecule has 0 radical (unpaired) electrons. The van der Waals surface area contributed by atoms with E-state index in [1.807, 2.05) is 0 Å². The van der Waals surface area contributed by atoms with Crippen LogP contribution >= 0.6 is 23.2 Å². The molecule has 1 aromatic heterocycles.